The van der Waals surface area contributed by atoms with Gasteiger partial charge in [-0.25, -0.2) is 4.79 Å². The Morgan fingerprint density at radius 3 is 2.41 bits per heavy atom. The molecule has 0 fully saturated rings. The molecule has 0 radical (unpaired) electrons. The van der Waals surface area contributed by atoms with Gasteiger partial charge in [0.25, 0.3) is 6.01 Å². The van der Waals surface area contributed by atoms with E-state index in [1.165, 1.54) is 19.4 Å². The van der Waals surface area contributed by atoms with Gasteiger partial charge in [-0.15, -0.1) is 0 Å². The summed E-state index contributed by atoms with van der Waals surface area (Å²) in [5.74, 6) is -0.485. The summed E-state index contributed by atoms with van der Waals surface area (Å²) in [5, 5.41) is 10.1. The van der Waals surface area contributed by atoms with Crippen LogP contribution in [0, 0.1) is 0 Å². The standard InChI is InChI=1S/C27H27ClN2O4/c1-27(2,25(31)32)34-22-7-5-6-20(18-22)15-17-30(16-14-19-10-12-21(28)13-11-19)26-29-23-8-3-4-9-24(23)33-26/h3-13,18H,14-17H2,1-2H3,(H,31,32). The van der Waals surface area contributed by atoms with Crippen molar-refractivity contribution in [1.29, 1.82) is 0 Å². The molecule has 7 heteroatoms. The number of hydrogen-bond acceptors (Lipinski definition) is 5. The van der Waals surface area contributed by atoms with Crippen molar-refractivity contribution in [3.05, 3.63) is 88.9 Å². The maximum Gasteiger partial charge on any atom is 0.347 e. The number of anilines is 1. The van der Waals surface area contributed by atoms with Gasteiger partial charge in [0.05, 0.1) is 0 Å². The van der Waals surface area contributed by atoms with E-state index in [1.807, 2.05) is 66.7 Å². The summed E-state index contributed by atoms with van der Waals surface area (Å²) < 4.78 is 11.7. The number of carboxylic acid groups (broad SMARTS) is 1. The smallest absolute Gasteiger partial charge is 0.347 e. The molecule has 6 nitrogen and oxygen atoms in total. The zero-order chi connectivity index (χ0) is 24.1. The largest absolute Gasteiger partial charge is 0.478 e. The van der Waals surface area contributed by atoms with Crippen LogP contribution in [0.25, 0.3) is 11.1 Å². The number of rotatable bonds is 10. The van der Waals surface area contributed by atoms with Crippen LogP contribution in [-0.2, 0) is 17.6 Å². The summed E-state index contributed by atoms with van der Waals surface area (Å²) in [6.07, 6.45) is 1.52. The number of aromatic nitrogens is 1. The van der Waals surface area contributed by atoms with Crippen LogP contribution in [-0.4, -0.2) is 34.8 Å². The lowest BCUT2D eigenvalue weighted by Crippen LogP contribution is -2.37. The van der Waals surface area contributed by atoms with Crippen LogP contribution in [0.2, 0.25) is 5.02 Å². The molecule has 0 unspecified atom stereocenters. The van der Waals surface area contributed by atoms with Crippen molar-refractivity contribution < 1.29 is 19.1 Å². The fourth-order valence-corrected chi connectivity index (χ4v) is 3.71. The Morgan fingerprint density at radius 2 is 1.71 bits per heavy atom. The van der Waals surface area contributed by atoms with E-state index in [0.717, 1.165) is 29.6 Å². The molecule has 1 N–H and O–H groups in total. The van der Waals surface area contributed by atoms with Crippen LogP contribution in [0.15, 0.2) is 77.2 Å². The number of aliphatic carboxylic acids is 1. The topological polar surface area (TPSA) is 75.8 Å². The van der Waals surface area contributed by atoms with Crippen molar-refractivity contribution in [3.63, 3.8) is 0 Å². The predicted octanol–water partition coefficient (Wildman–Crippen LogP) is 6.02. The molecule has 0 bridgehead atoms. The van der Waals surface area contributed by atoms with Gasteiger partial charge in [0, 0.05) is 18.1 Å². The number of para-hydroxylation sites is 2. The molecule has 0 aliphatic rings. The second kappa shape index (κ2) is 10.2. The Bertz CT molecular complexity index is 1230. The molecule has 0 saturated heterocycles. The van der Waals surface area contributed by atoms with Gasteiger partial charge in [-0.2, -0.15) is 4.98 Å². The Kier molecular flexibility index (Phi) is 7.08. The first kappa shape index (κ1) is 23.6. The summed E-state index contributed by atoms with van der Waals surface area (Å²) in [6.45, 7) is 4.46. The SMILES string of the molecule is CC(C)(Oc1cccc(CCN(CCc2ccc(Cl)cc2)c2nc3ccccc3o2)c1)C(=O)O. The van der Waals surface area contributed by atoms with Gasteiger partial charge >= 0.3 is 5.97 Å². The number of carbonyl (C=O) groups is 1. The number of benzene rings is 3. The van der Waals surface area contributed by atoms with Crippen molar-refractivity contribution in [2.24, 2.45) is 0 Å². The van der Waals surface area contributed by atoms with Crippen LogP contribution in [0.3, 0.4) is 0 Å². The van der Waals surface area contributed by atoms with Crippen LogP contribution < -0.4 is 9.64 Å². The number of halogens is 1. The minimum Gasteiger partial charge on any atom is -0.478 e. The van der Waals surface area contributed by atoms with Crippen LogP contribution in [0.1, 0.15) is 25.0 Å². The highest BCUT2D eigenvalue weighted by Crippen LogP contribution is 2.24. The lowest BCUT2D eigenvalue weighted by Gasteiger charge is -2.23. The Morgan fingerprint density at radius 1 is 1.00 bits per heavy atom. The molecular weight excluding hydrogens is 452 g/mol. The molecule has 4 aromatic rings. The number of hydrogen-bond donors (Lipinski definition) is 1. The van der Waals surface area contributed by atoms with E-state index in [-0.39, 0.29) is 0 Å². The summed E-state index contributed by atoms with van der Waals surface area (Å²) >= 11 is 6.02. The molecule has 1 heterocycles. The molecule has 176 valence electrons. The van der Waals surface area contributed by atoms with E-state index in [0.29, 0.717) is 29.8 Å². The molecular formula is C27H27ClN2O4. The van der Waals surface area contributed by atoms with Gasteiger partial charge in [0.2, 0.25) is 0 Å². The molecule has 3 aromatic carbocycles. The third kappa shape index (κ3) is 5.88. The first-order valence-electron chi connectivity index (χ1n) is 11.2. The molecule has 0 saturated carbocycles. The van der Waals surface area contributed by atoms with E-state index >= 15 is 0 Å². The third-order valence-electron chi connectivity index (χ3n) is 5.59. The average molecular weight is 479 g/mol. The predicted molar refractivity (Wildman–Crippen MR) is 134 cm³/mol. The minimum absolute atomic E-state index is 0.527. The van der Waals surface area contributed by atoms with Crippen LogP contribution in [0.4, 0.5) is 6.01 Å². The van der Waals surface area contributed by atoms with Crippen molar-refractivity contribution in [3.8, 4) is 5.75 Å². The number of ether oxygens (including phenoxy) is 1. The van der Waals surface area contributed by atoms with Gasteiger partial charge in [0.15, 0.2) is 11.2 Å². The summed E-state index contributed by atoms with van der Waals surface area (Å²) in [4.78, 5) is 18.2. The summed E-state index contributed by atoms with van der Waals surface area (Å²) in [6, 6.07) is 23.7. The highest BCUT2D eigenvalue weighted by molar-refractivity contribution is 6.30. The van der Waals surface area contributed by atoms with Gasteiger partial charge in [-0.3, -0.25) is 0 Å². The fourth-order valence-electron chi connectivity index (χ4n) is 3.58. The fraction of sp³-hybridized carbons (Fsp3) is 0.259. The molecule has 0 aliphatic heterocycles. The Labute approximate surface area is 203 Å². The maximum atomic E-state index is 11.4. The van der Waals surface area contributed by atoms with E-state index in [2.05, 4.69) is 9.88 Å². The number of oxazole rings is 1. The van der Waals surface area contributed by atoms with Gasteiger partial charge in [-0.1, -0.05) is 48.0 Å². The van der Waals surface area contributed by atoms with E-state index < -0.39 is 11.6 Å². The monoisotopic (exact) mass is 478 g/mol. The van der Waals surface area contributed by atoms with Gasteiger partial charge in [0.1, 0.15) is 11.3 Å². The highest BCUT2D eigenvalue weighted by atomic mass is 35.5. The van der Waals surface area contributed by atoms with E-state index in [9.17, 15) is 9.90 Å². The first-order chi connectivity index (χ1) is 16.3. The molecule has 0 aliphatic carbocycles. The highest BCUT2D eigenvalue weighted by Gasteiger charge is 2.29. The van der Waals surface area contributed by atoms with Crippen molar-refractivity contribution >= 4 is 34.7 Å². The normalized spacial score (nSPS) is 11.5. The van der Waals surface area contributed by atoms with E-state index in [1.54, 1.807) is 6.07 Å². The zero-order valence-electron chi connectivity index (χ0n) is 19.2. The van der Waals surface area contributed by atoms with E-state index in [4.69, 9.17) is 20.8 Å². The summed E-state index contributed by atoms with van der Waals surface area (Å²) in [5.41, 5.74) is 2.48. The Hall–Kier alpha value is -3.51. The van der Waals surface area contributed by atoms with Crippen LogP contribution in [0.5, 0.6) is 5.75 Å². The van der Waals surface area contributed by atoms with Gasteiger partial charge < -0.3 is 19.2 Å². The average Bonchev–Trinajstić information content (AvgIpc) is 3.24. The van der Waals surface area contributed by atoms with Crippen molar-refractivity contribution in [1.82, 2.24) is 4.98 Å². The lowest BCUT2D eigenvalue weighted by molar-refractivity contribution is -0.152. The lowest BCUT2D eigenvalue weighted by atomic mass is 10.1. The molecule has 0 amide bonds. The molecule has 4 rings (SSSR count). The number of nitrogens with zero attached hydrogens (tertiary/aromatic N) is 2. The maximum absolute atomic E-state index is 11.4. The second-order valence-corrected chi connectivity index (χ2v) is 9.08. The Balaban J connectivity index is 1.50. The summed E-state index contributed by atoms with van der Waals surface area (Å²) in [7, 11) is 0. The second-order valence-electron chi connectivity index (χ2n) is 8.64. The quantitative estimate of drug-likeness (QED) is 0.300. The van der Waals surface area contributed by atoms with Crippen LogP contribution >= 0.6 is 11.6 Å². The molecule has 1 aromatic heterocycles. The number of carboxylic acids is 1. The first-order valence-corrected chi connectivity index (χ1v) is 11.5. The van der Waals surface area contributed by atoms with Crippen molar-refractivity contribution in [2.45, 2.75) is 32.3 Å². The molecule has 34 heavy (non-hydrogen) atoms. The molecule has 0 atom stereocenters. The third-order valence-corrected chi connectivity index (χ3v) is 5.85. The van der Waals surface area contributed by atoms with Gasteiger partial charge in [-0.05, 0) is 74.2 Å². The minimum atomic E-state index is -1.30. The molecule has 0 spiro atoms. The number of fused-ring (bicyclic) bond motifs is 1. The van der Waals surface area contributed by atoms with Crippen molar-refractivity contribution in [2.75, 3.05) is 18.0 Å². The zero-order valence-corrected chi connectivity index (χ0v) is 20.0.